The van der Waals surface area contributed by atoms with E-state index in [-0.39, 0.29) is 11.9 Å². The number of hydrogen-bond donors (Lipinski definition) is 0. The van der Waals surface area contributed by atoms with Crippen molar-refractivity contribution in [2.24, 2.45) is 5.92 Å². The number of carbonyl (C=O) groups is 1. The third kappa shape index (κ3) is 2.20. The van der Waals surface area contributed by atoms with E-state index in [2.05, 4.69) is 4.98 Å². The average Bonchev–Trinajstić information content (AvgIpc) is 2.84. The highest BCUT2D eigenvalue weighted by Gasteiger charge is 2.29. The van der Waals surface area contributed by atoms with E-state index in [9.17, 15) is 4.79 Å². The van der Waals surface area contributed by atoms with Gasteiger partial charge in [0.05, 0.1) is 18.7 Å². The Bertz CT molecular complexity index is 637. The number of nitrogens with zero attached hydrogens (tertiary/aromatic N) is 2. The van der Waals surface area contributed by atoms with Crippen molar-refractivity contribution in [2.45, 2.75) is 19.4 Å². The Morgan fingerprint density at radius 1 is 1.40 bits per heavy atom. The zero-order valence-electron chi connectivity index (χ0n) is 11.2. The molecule has 0 saturated carbocycles. The van der Waals surface area contributed by atoms with Crippen LogP contribution in [-0.4, -0.2) is 22.6 Å². The second-order valence-corrected chi connectivity index (χ2v) is 5.27. The number of methoxy groups -OCH3 is 1. The van der Waals surface area contributed by atoms with Gasteiger partial charge in [-0.3, -0.25) is 4.79 Å². The number of aromatic nitrogens is 2. The lowest BCUT2D eigenvalue weighted by Gasteiger charge is -2.23. The van der Waals surface area contributed by atoms with Crippen molar-refractivity contribution in [3.63, 3.8) is 0 Å². The van der Waals surface area contributed by atoms with E-state index in [0.717, 1.165) is 29.9 Å². The molecule has 0 radical (unpaired) electrons. The van der Waals surface area contributed by atoms with Gasteiger partial charge in [-0.25, -0.2) is 4.98 Å². The van der Waals surface area contributed by atoms with Gasteiger partial charge < -0.3 is 9.30 Å². The molecule has 1 aliphatic heterocycles. The molecule has 2 heterocycles. The second-order valence-electron chi connectivity index (χ2n) is 4.91. The monoisotopic (exact) mass is 290 g/mol. The number of fused-ring (bicyclic) bond motifs is 1. The molecule has 0 saturated heterocycles. The highest BCUT2D eigenvalue weighted by atomic mass is 35.5. The topological polar surface area (TPSA) is 44.1 Å². The van der Waals surface area contributed by atoms with E-state index in [1.807, 2.05) is 34.9 Å². The van der Waals surface area contributed by atoms with Gasteiger partial charge in [-0.2, -0.15) is 0 Å². The first kappa shape index (κ1) is 13.2. The van der Waals surface area contributed by atoms with Crippen molar-refractivity contribution in [1.29, 1.82) is 0 Å². The maximum Gasteiger partial charge on any atom is 0.310 e. The fourth-order valence-corrected chi connectivity index (χ4v) is 2.96. The molecular formula is C15H15ClN2O2. The lowest BCUT2D eigenvalue weighted by molar-refractivity contribution is -0.146. The molecule has 1 aliphatic rings. The predicted octanol–water partition coefficient (Wildman–Crippen LogP) is 2.94. The molecule has 0 spiro atoms. The molecule has 0 amide bonds. The summed E-state index contributed by atoms with van der Waals surface area (Å²) in [5.41, 5.74) is 2.01. The molecular weight excluding hydrogens is 276 g/mol. The fourth-order valence-electron chi connectivity index (χ4n) is 2.68. The van der Waals surface area contributed by atoms with E-state index in [0.29, 0.717) is 11.7 Å². The van der Waals surface area contributed by atoms with Gasteiger partial charge in [-0.1, -0.05) is 41.9 Å². The van der Waals surface area contributed by atoms with Gasteiger partial charge in [-0.15, -0.1) is 0 Å². The first-order chi connectivity index (χ1) is 9.70. The zero-order chi connectivity index (χ0) is 14.1. The van der Waals surface area contributed by atoms with E-state index in [4.69, 9.17) is 16.3 Å². The molecule has 5 heteroatoms. The Labute approximate surface area is 122 Å². The number of hydrogen-bond acceptors (Lipinski definition) is 3. The van der Waals surface area contributed by atoms with Crippen LogP contribution in [0.15, 0.2) is 30.3 Å². The van der Waals surface area contributed by atoms with Gasteiger partial charge in [0.1, 0.15) is 5.82 Å². The summed E-state index contributed by atoms with van der Waals surface area (Å²) in [4.78, 5) is 16.2. The first-order valence-electron chi connectivity index (χ1n) is 6.59. The minimum atomic E-state index is -0.167. The predicted molar refractivity (Wildman–Crippen MR) is 76.5 cm³/mol. The summed E-state index contributed by atoms with van der Waals surface area (Å²) in [6, 6.07) is 9.88. The number of halogens is 1. The van der Waals surface area contributed by atoms with Crippen LogP contribution in [0.1, 0.15) is 12.1 Å². The SMILES string of the molecule is COC(=O)C1CCc2c(Cl)nc(-c3ccccc3)n2C1. The van der Waals surface area contributed by atoms with Crippen LogP contribution >= 0.6 is 11.6 Å². The van der Waals surface area contributed by atoms with Gasteiger partial charge in [0, 0.05) is 12.1 Å². The molecule has 0 N–H and O–H groups in total. The minimum Gasteiger partial charge on any atom is -0.469 e. The van der Waals surface area contributed by atoms with Gasteiger partial charge >= 0.3 is 5.97 Å². The summed E-state index contributed by atoms with van der Waals surface area (Å²) < 4.78 is 6.90. The third-order valence-electron chi connectivity index (χ3n) is 3.72. The quantitative estimate of drug-likeness (QED) is 0.799. The van der Waals surface area contributed by atoms with Crippen molar-refractivity contribution >= 4 is 17.6 Å². The lowest BCUT2D eigenvalue weighted by atomic mass is 9.98. The van der Waals surface area contributed by atoms with Gasteiger partial charge in [0.15, 0.2) is 5.15 Å². The van der Waals surface area contributed by atoms with Crippen LogP contribution in [0, 0.1) is 5.92 Å². The van der Waals surface area contributed by atoms with Gasteiger partial charge in [0.2, 0.25) is 0 Å². The Balaban J connectivity index is 2.01. The van der Waals surface area contributed by atoms with Crippen LogP contribution in [0.5, 0.6) is 0 Å². The summed E-state index contributed by atoms with van der Waals surface area (Å²) in [6.07, 6.45) is 1.50. The van der Waals surface area contributed by atoms with Crippen LogP contribution in [0.4, 0.5) is 0 Å². The van der Waals surface area contributed by atoms with Crippen LogP contribution < -0.4 is 0 Å². The highest BCUT2D eigenvalue weighted by molar-refractivity contribution is 6.30. The maximum absolute atomic E-state index is 11.7. The van der Waals surface area contributed by atoms with E-state index >= 15 is 0 Å². The Morgan fingerprint density at radius 2 is 2.15 bits per heavy atom. The maximum atomic E-state index is 11.7. The minimum absolute atomic E-state index is 0.125. The molecule has 1 unspecified atom stereocenters. The second kappa shape index (κ2) is 5.29. The first-order valence-corrected chi connectivity index (χ1v) is 6.96. The highest BCUT2D eigenvalue weighted by Crippen LogP contribution is 2.32. The molecule has 1 atom stereocenters. The molecule has 1 aromatic carbocycles. The smallest absolute Gasteiger partial charge is 0.310 e. The molecule has 1 aromatic heterocycles. The molecule has 3 rings (SSSR count). The van der Waals surface area contributed by atoms with Crippen molar-refractivity contribution in [3.05, 3.63) is 41.2 Å². The number of benzene rings is 1. The molecule has 4 nitrogen and oxygen atoms in total. The van der Waals surface area contributed by atoms with Gasteiger partial charge in [-0.05, 0) is 12.8 Å². The summed E-state index contributed by atoms with van der Waals surface area (Å²) in [5.74, 6) is 0.527. The number of ether oxygens (including phenoxy) is 1. The van der Waals surface area contributed by atoms with E-state index < -0.39 is 0 Å². The summed E-state index contributed by atoms with van der Waals surface area (Å²) in [7, 11) is 1.43. The summed E-state index contributed by atoms with van der Waals surface area (Å²) >= 11 is 6.23. The number of carbonyl (C=O) groups excluding carboxylic acids is 1. The molecule has 2 aromatic rings. The third-order valence-corrected chi connectivity index (χ3v) is 4.03. The zero-order valence-corrected chi connectivity index (χ0v) is 11.9. The molecule has 0 bridgehead atoms. The van der Waals surface area contributed by atoms with Crippen LogP contribution in [0.25, 0.3) is 11.4 Å². The number of rotatable bonds is 2. The molecule has 20 heavy (non-hydrogen) atoms. The lowest BCUT2D eigenvalue weighted by Crippen LogP contribution is -2.28. The summed E-state index contributed by atoms with van der Waals surface area (Å²) in [6.45, 7) is 0.575. The largest absolute Gasteiger partial charge is 0.469 e. The Kier molecular flexibility index (Phi) is 3.49. The normalized spacial score (nSPS) is 17.6. The van der Waals surface area contributed by atoms with E-state index in [1.165, 1.54) is 7.11 Å². The van der Waals surface area contributed by atoms with Crippen LogP contribution in [0.2, 0.25) is 5.15 Å². The van der Waals surface area contributed by atoms with Crippen LogP contribution in [-0.2, 0) is 22.5 Å². The number of imidazole rings is 1. The standard InChI is InChI=1S/C15H15ClN2O2/c1-20-15(19)11-7-8-12-13(16)17-14(18(12)9-11)10-5-3-2-4-6-10/h2-6,11H,7-9H2,1H3. The molecule has 104 valence electrons. The van der Waals surface area contributed by atoms with Crippen molar-refractivity contribution < 1.29 is 9.53 Å². The Hall–Kier alpha value is -1.81. The van der Waals surface area contributed by atoms with Crippen molar-refractivity contribution in [2.75, 3.05) is 7.11 Å². The van der Waals surface area contributed by atoms with Crippen LogP contribution in [0.3, 0.4) is 0 Å². The van der Waals surface area contributed by atoms with Crippen molar-refractivity contribution in [1.82, 2.24) is 9.55 Å². The van der Waals surface area contributed by atoms with E-state index in [1.54, 1.807) is 0 Å². The van der Waals surface area contributed by atoms with Gasteiger partial charge in [0.25, 0.3) is 0 Å². The summed E-state index contributed by atoms with van der Waals surface area (Å²) in [5, 5.41) is 0.534. The van der Waals surface area contributed by atoms with Crippen molar-refractivity contribution in [3.8, 4) is 11.4 Å². The molecule has 0 fully saturated rings. The Morgan fingerprint density at radius 3 is 2.85 bits per heavy atom. The molecule has 0 aliphatic carbocycles. The number of esters is 1. The fraction of sp³-hybridized carbons (Fsp3) is 0.333. The average molecular weight is 291 g/mol.